The van der Waals surface area contributed by atoms with Gasteiger partial charge in [-0.05, 0) is 17.7 Å². The Hall–Kier alpha value is -1.16. The molecule has 17 heavy (non-hydrogen) atoms. The Morgan fingerprint density at radius 2 is 1.76 bits per heavy atom. The Kier molecular flexibility index (Phi) is 12.1. The zero-order valence-corrected chi connectivity index (χ0v) is 10.9. The second-order valence-corrected chi connectivity index (χ2v) is 3.12. The third-order valence-corrected chi connectivity index (χ3v) is 1.34. The van der Waals surface area contributed by atoms with Crippen molar-refractivity contribution in [1.82, 2.24) is 0 Å². The van der Waals surface area contributed by atoms with E-state index in [9.17, 15) is 13.6 Å². The predicted octanol–water partition coefficient (Wildman–Crippen LogP) is 3.86. The van der Waals surface area contributed by atoms with Crippen LogP contribution in [0.3, 0.4) is 0 Å². The molecule has 0 saturated heterocycles. The molecule has 5 heteroatoms. The van der Waals surface area contributed by atoms with Crippen LogP contribution >= 0.6 is 11.6 Å². The maximum Gasteiger partial charge on any atom is 0.307 e. The van der Waals surface area contributed by atoms with Gasteiger partial charge in [0.15, 0.2) is 11.6 Å². The number of carboxylic acids is 1. The molecule has 1 rings (SSSR count). The number of hydrogen-bond acceptors (Lipinski definition) is 1. The minimum atomic E-state index is -1.07. The van der Waals surface area contributed by atoms with Gasteiger partial charge in [0.25, 0.3) is 0 Å². The Morgan fingerprint density at radius 3 is 2.12 bits per heavy atom. The molecule has 0 fully saturated rings. The fourth-order valence-electron chi connectivity index (χ4n) is 0.824. The van der Waals surface area contributed by atoms with Gasteiger partial charge in [0, 0.05) is 5.88 Å². The van der Waals surface area contributed by atoms with Gasteiger partial charge in [0.1, 0.15) is 0 Å². The van der Waals surface area contributed by atoms with Gasteiger partial charge in [-0.25, -0.2) is 8.78 Å². The molecule has 0 saturated carbocycles. The van der Waals surface area contributed by atoms with Crippen molar-refractivity contribution < 1.29 is 18.7 Å². The maximum absolute atomic E-state index is 12.5. The van der Waals surface area contributed by atoms with E-state index in [1.165, 1.54) is 6.07 Å². The number of rotatable bonds is 2. The van der Waals surface area contributed by atoms with E-state index in [2.05, 4.69) is 0 Å². The Bertz CT molecular complexity index is 330. The van der Waals surface area contributed by atoms with Crippen LogP contribution in [0.2, 0.25) is 0 Å². The van der Waals surface area contributed by atoms with Crippen molar-refractivity contribution in [2.45, 2.75) is 27.2 Å². The van der Waals surface area contributed by atoms with E-state index in [1.807, 2.05) is 20.8 Å². The van der Waals surface area contributed by atoms with Crippen molar-refractivity contribution in [3.8, 4) is 0 Å². The first-order chi connectivity index (χ1) is 8.01. The fourth-order valence-corrected chi connectivity index (χ4v) is 0.824. The van der Waals surface area contributed by atoms with Crippen LogP contribution < -0.4 is 0 Å². The van der Waals surface area contributed by atoms with Crippen molar-refractivity contribution in [3.05, 3.63) is 35.4 Å². The maximum atomic E-state index is 12.5. The van der Waals surface area contributed by atoms with Crippen molar-refractivity contribution in [1.29, 1.82) is 0 Å². The SMILES string of the molecule is CC.CCCl.O=C(O)Cc1ccc(F)c(F)c1. The van der Waals surface area contributed by atoms with Gasteiger partial charge in [-0.1, -0.05) is 26.8 Å². The lowest BCUT2D eigenvalue weighted by atomic mass is 10.1. The van der Waals surface area contributed by atoms with Gasteiger partial charge < -0.3 is 5.11 Å². The molecule has 0 aliphatic heterocycles. The van der Waals surface area contributed by atoms with Gasteiger partial charge in [-0.15, -0.1) is 11.6 Å². The van der Waals surface area contributed by atoms with Gasteiger partial charge in [0.2, 0.25) is 0 Å². The summed E-state index contributed by atoms with van der Waals surface area (Å²) < 4.78 is 24.8. The van der Waals surface area contributed by atoms with Gasteiger partial charge >= 0.3 is 5.97 Å². The van der Waals surface area contributed by atoms with Gasteiger partial charge in [-0.2, -0.15) is 0 Å². The Balaban J connectivity index is 0. The average Bonchev–Trinajstić information content (AvgIpc) is 2.27. The summed E-state index contributed by atoms with van der Waals surface area (Å²) in [6.07, 6.45) is -0.294. The number of alkyl halides is 1. The Labute approximate surface area is 105 Å². The lowest BCUT2D eigenvalue weighted by molar-refractivity contribution is -0.136. The number of carboxylic acid groups (broad SMARTS) is 1. The number of hydrogen-bond donors (Lipinski definition) is 1. The minimum Gasteiger partial charge on any atom is -0.481 e. The van der Waals surface area contributed by atoms with Crippen LogP contribution in [-0.4, -0.2) is 17.0 Å². The number of benzene rings is 1. The van der Waals surface area contributed by atoms with Crippen LogP contribution in [0.15, 0.2) is 18.2 Å². The van der Waals surface area contributed by atoms with Gasteiger partial charge in [-0.3, -0.25) is 4.79 Å². The van der Waals surface area contributed by atoms with Crippen LogP contribution in [0.5, 0.6) is 0 Å². The van der Waals surface area contributed by atoms with E-state index in [1.54, 1.807) is 0 Å². The van der Waals surface area contributed by atoms with Crippen LogP contribution in [0.1, 0.15) is 26.3 Å². The van der Waals surface area contributed by atoms with E-state index in [0.717, 1.165) is 18.0 Å². The third-order valence-electron chi connectivity index (χ3n) is 1.34. The standard InChI is InChI=1S/C8H6F2O2.C2H5Cl.C2H6/c9-6-2-1-5(3-7(6)10)4-8(11)12;1-2-3;1-2/h1-3H,4H2,(H,11,12);2H2,1H3;1-2H3. The molecule has 0 amide bonds. The first-order valence-corrected chi connectivity index (χ1v) is 5.76. The van der Waals surface area contributed by atoms with E-state index in [4.69, 9.17) is 16.7 Å². The highest BCUT2D eigenvalue weighted by Crippen LogP contribution is 2.08. The Morgan fingerprint density at radius 1 is 1.29 bits per heavy atom. The average molecular weight is 267 g/mol. The van der Waals surface area contributed by atoms with Crippen LogP contribution in [0, 0.1) is 11.6 Å². The van der Waals surface area contributed by atoms with E-state index in [-0.39, 0.29) is 12.0 Å². The number of aliphatic carboxylic acids is 1. The molecule has 98 valence electrons. The smallest absolute Gasteiger partial charge is 0.307 e. The third kappa shape index (κ3) is 9.75. The molecular weight excluding hydrogens is 250 g/mol. The summed E-state index contributed by atoms with van der Waals surface area (Å²) >= 11 is 5.00. The highest BCUT2D eigenvalue weighted by molar-refractivity contribution is 6.17. The summed E-state index contributed by atoms with van der Waals surface area (Å²) in [6.45, 7) is 5.89. The van der Waals surface area contributed by atoms with Crippen LogP contribution in [-0.2, 0) is 11.2 Å². The summed E-state index contributed by atoms with van der Waals surface area (Å²) in [5.74, 6) is -2.33. The zero-order chi connectivity index (χ0) is 13.8. The number of halogens is 3. The van der Waals surface area contributed by atoms with E-state index in [0.29, 0.717) is 0 Å². The molecule has 1 N–H and O–H groups in total. The first-order valence-electron chi connectivity index (χ1n) is 5.23. The molecule has 0 bridgehead atoms. The summed E-state index contributed by atoms with van der Waals surface area (Å²) in [5, 5.41) is 8.31. The fraction of sp³-hybridized carbons (Fsp3) is 0.417. The summed E-state index contributed by atoms with van der Waals surface area (Å²) in [6, 6.07) is 3.03. The van der Waals surface area contributed by atoms with E-state index < -0.39 is 17.6 Å². The first kappa shape index (κ1) is 18.2. The monoisotopic (exact) mass is 266 g/mol. The molecule has 0 aliphatic carbocycles. The van der Waals surface area contributed by atoms with Crippen molar-refractivity contribution >= 4 is 17.6 Å². The second kappa shape index (κ2) is 11.3. The van der Waals surface area contributed by atoms with Crippen molar-refractivity contribution in [2.24, 2.45) is 0 Å². The summed E-state index contributed by atoms with van der Waals surface area (Å²) in [5.41, 5.74) is 0.251. The molecule has 0 atom stereocenters. The normalized spacial score (nSPS) is 8.35. The minimum absolute atomic E-state index is 0.251. The van der Waals surface area contributed by atoms with Gasteiger partial charge in [0.05, 0.1) is 6.42 Å². The quantitative estimate of drug-likeness (QED) is 0.825. The second-order valence-electron chi connectivity index (χ2n) is 2.59. The molecule has 1 aromatic rings. The van der Waals surface area contributed by atoms with E-state index >= 15 is 0 Å². The molecule has 1 aromatic carbocycles. The highest BCUT2D eigenvalue weighted by atomic mass is 35.5. The zero-order valence-electron chi connectivity index (χ0n) is 10.1. The van der Waals surface area contributed by atoms with Crippen molar-refractivity contribution in [2.75, 3.05) is 5.88 Å². The molecule has 0 aliphatic rings. The molecule has 0 heterocycles. The molecule has 0 unspecified atom stereocenters. The van der Waals surface area contributed by atoms with Crippen LogP contribution in [0.4, 0.5) is 8.78 Å². The predicted molar refractivity (Wildman–Crippen MR) is 65.4 cm³/mol. The topological polar surface area (TPSA) is 37.3 Å². The molecule has 0 aromatic heterocycles. The summed E-state index contributed by atoms with van der Waals surface area (Å²) in [7, 11) is 0. The largest absolute Gasteiger partial charge is 0.481 e. The molecule has 0 spiro atoms. The lowest BCUT2D eigenvalue weighted by Gasteiger charge is -1.97. The lowest BCUT2D eigenvalue weighted by Crippen LogP contribution is -2.00. The molecule has 0 radical (unpaired) electrons. The number of carbonyl (C=O) groups is 1. The highest BCUT2D eigenvalue weighted by Gasteiger charge is 2.04. The molecular formula is C12H17ClF2O2. The van der Waals surface area contributed by atoms with Crippen LogP contribution in [0.25, 0.3) is 0 Å². The van der Waals surface area contributed by atoms with Crippen molar-refractivity contribution in [3.63, 3.8) is 0 Å². The summed E-state index contributed by atoms with van der Waals surface area (Å²) in [4.78, 5) is 10.1. The molecule has 2 nitrogen and oxygen atoms in total.